The van der Waals surface area contributed by atoms with Crippen molar-refractivity contribution in [2.45, 2.75) is 6.42 Å². The van der Waals surface area contributed by atoms with Crippen LogP contribution in [0.4, 0.5) is 0 Å². The Bertz CT molecular complexity index is 728. The fourth-order valence-corrected chi connectivity index (χ4v) is 2.20. The van der Waals surface area contributed by atoms with Crippen LogP contribution in [-0.2, 0) is 4.79 Å². The highest BCUT2D eigenvalue weighted by Gasteiger charge is 2.31. The van der Waals surface area contributed by atoms with E-state index in [4.69, 9.17) is 0 Å². The van der Waals surface area contributed by atoms with Gasteiger partial charge in [-0.15, -0.1) is 0 Å². The molecule has 0 spiro atoms. The summed E-state index contributed by atoms with van der Waals surface area (Å²) in [6.07, 6.45) is -0.384. The van der Waals surface area contributed by atoms with Gasteiger partial charge in [-0.3, -0.25) is 14.4 Å². The lowest BCUT2D eigenvalue weighted by Crippen LogP contribution is -2.26. The molecule has 2 aromatic rings. The molecule has 4 heteroatoms. The molecule has 0 aromatic heterocycles. The third kappa shape index (κ3) is 1.35. The zero-order valence-electron chi connectivity index (χ0n) is 9.27. The van der Waals surface area contributed by atoms with Crippen molar-refractivity contribution < 1.29 is 19.5 Å². The molecule has 0 atom stereocenters. The van der Waals surface area contributed by atoms with Crippen molar-refractivity contribution in [3.63, 3.8) is 0 Å². The van der Waals surface area contributed by atoms with Crippen LogP contribution in [0.15, 0.2) is 30.3 Å². The van der Waals surface area contributed by atoms with Crippen molar-refractivity contribution in [2.75, 3.05) is 0 Å². The summed E-state index contributed by atoms with van der Waals surface area (Å²) in [5, 5.41) is 10.8. The van der Waals surface area contributed by atoms with Crippen LogP contribution in [0.25, 0.3) is 10.8 Å². The Kier molecular flexibility index (Phi) is 2.07. The van der Waals surface area contributed by atoms with Gasteiger partial charge in [0.2, 0.25) is 11.6 Å². The predicted octanol–water partition coefficient (Wildman–Crippen LogP) is 1.88. The number of hydrogen-bond donors (Lipinski definition) is 1. The van der Waals surface area contributed by atoms with E-state index in [0.29, 0.717) is 10.8 Å². The Labute approximate surface area is 102 Å². The lowest BCUT2D eigenvalue weighted by molar-refractivity contribution is -0.114. The quantitative estimate of drug-likeness (QED) is 0.563. The first-order chi connectivity index (χ1) is 8.58. The number of rotatable bonds is 0. The number of benzene rings is 2. The smallest absolute Gasteiger partial charge is 0.229 e. The summed E-state index contributed by atoms with van der Waals surface area (Å²) in [7, 11) is 0. The second-order valence-corrected chi connectivity index (χ2v) is 4.25. The van der Waals surface area contributed by atoms with Crippen molar-refractivity contribution in [1.29, 1.82) is 0 Å². The lowest BCUT2D eigenvalue weighted by atomic mass is 9.86. The summed E-state index contributed by atoms with van der Waals surface area (Å²) in [5.74, 6) is -1.63. The number of fused-ring (bicyclic) bond motifs is 2. The largest absolute Gasteiger partial charge is 0.507 e. The topological polar surface area (TPSA) is 71.4 Å². The van der Waals surface area contributed by atoms with Gasteiger partial charge in [-0.05, 0) is 23.6 Å². The lowest BCUT2D eigenvalue weighted by Gasteiger charge is -2.14. The van der Waals surface area contributed by atoms with Crippen molar-refractivity contribution in [1.82, 2.24) is 0 Å². The van der Waals surface area contributed by atoms with Gasteiger partial charge in [0.1, 0.15) is 5.75 Å². The fraction of sp³-hybridized carbons (Fsp3) is 0.0714. The van der Waals surface area contributed by atoms with Crippen LogP contribution in [0, 0.1) is 0 Å². The minimum Gasteiger partial charge on any atom is -0.507 e. The summed E-state index contributed by atoms with van der Waals surface area (Å²) in [5.41, 5.74) is 0.350. The third-order valence-electron chi connectivity index (χ3n) is 3.11. The Hall–Kier alpha value is -2.49. The molecule has 0 radical (unpaired) electrons. The van der Waals surface area contributed by atoms with Crippen LogP contribution in [0.2, 0.25) is 0 Å². The van der Waals surface area contributed by atoms with Gasteiger partial charge in [-0.25, -0.2) is 0 Å². The summed E-state index contributed by atoms with van der Waals surface area (Å²) >= 11 is 0. The van der Waals surface area contributed by atoms with E-state index in [1.807, 2.05) is 0 Å². The summed E-state index contributed by atoms with van der Waals surface area (Å²) < 4.78 is 0. The highest BCUT2D eigenvalue weighted by atomic mass is 16.3. The van der Waals surface area contributed by atoms with Crippen LogP contribution in [0.3, 0.4) is 0 Å². The molecule has 1 aliphatic rings. The van der Waals surface area contributed by atoms with Gasteiger partial charge in [-0.1, -0.05) is 12.1 Å². The van der Waals surface area contributed by atoms with E-state index in [9.17, 15) is 19.5 Å². The summed E-state index contributed by atoms with van der Waals surface area (Å²) in [6, 6.07) is 7.83. The van der Waals surface area contributed by atoms with Gasteiger partial charge >= 0.3 is 0 Å². The SMILES string of the molecule is O=C1CC(=O)c2cc3c(O)cccc3cc2C1=O. The zero-order valence-corrected chi connectivity index (χ0v) is 9.27. The van der Waals surface area contributed by atoms with Crippen molar-refractivity contribution >= 4 is 28.1 Å². The molecular formula is C14H8O4. The molecule has 0 amide bonds. The average molecular weight is 240 g/mol. The molecule has 0 saturated carbocycles. The Balaban J connectivity index is 2.40. The second-order valence-electron chi connectivity index (χ2n) is 4.25. The maximum absolute atomic E-state index is 11.7. The van der Waals surface area contributed by atoms with E-state index in [2.05, 4.69) is 0 Å². The van der Waals surface area contributed by atoms with Crippen LogP contribution >= 0.6 is 0 Å². The molecule has 0 heterocycles. The molecule has 18 heavy (non-hydrogen) atoms. The van der Waals surface area contributed by atoms with Crippen LogP contribution in [-0.4, -0.2) is 22.5 Å². The molecule has 0 saturated heterocycles. The average Bonchev–Trinajstić information content (AvgIpc) is 2.35. The molecule has 0 aliphatic heterocycles. The molecule has 1 N–H and O–H groups in total. The molecule has 0 bridgehead atoms. The first-order valence-corrected chi connectivity index (χ1v) is 5.44. The summed E-state index contributed by atoms with van der Waals surface area (Å²) in [6.45, 7) is 0. The monoisotopic (exact) mass is 240 g/mol. The molecule has 2 aromatic carbocycles. The number of phenols is 1. The molecule has 0 fully saturated rings. The molecule has 3 rings (SSSR count). The van der Waals surface area contributed by atoms with Gasteiger partial charge in [0.05, 0.1) is 6.42 Å². The van der Waals surface area contributed by atoms with Gasteiger partial charge in [0.15, 0.2) is 5.78 Å². The first kappa shape index (κ1) is 10.7. The van der Waals surface area contributed by atoms with Crippen LogP contribution in [0.5, 0.6) is 5.75 Å². The van der Waals surface area contributed by atoms with E-state index < -0.39 is 11.6 Å². The maximum Gasteiger partial charge on any atom is 0.229 e. The molecule has 1 aliphatic carbocycles. The number of ketones is 3. The number of hydrogen-bond acceptors (Lipinski definition) is 4. The van der Waals surface area contributed by atoms with Gasteiger partial charge in [0.25, 0.3) is 0 Å². The Morgan fingerprint density at radius 2 is 1.72 bits per heavy atom. The number of Topliss-reactive ketones (excluding diaryl/α,β-unsaturated/α-hetero) is 3. The second kappa shape index (κ2) is 3.50. The predicted molar refractivity (Wildman–Crippen MR) is 63.9 cm³/mol. The van der Waals surface area contributed by atoms with Crippen molar-refractivity contribution in [2.24, 2.45) is 0 Å². The van der Waals surface area contributed by atoms with E-state index in [1.54, 1.807) is 12.1 Å². The van der Waals surface area contributed by atoms with E-state index in [1.165, 1.54) is 18.2 Å². The van der Waals surface area contributed by atoms with Crippen LogP contribution in [0.1, 0.15) is 27.1 Å². The summed E-state index contributed by atoms with van der Waals surface area (Å²) in [4.78, 5) is 34.8. The first-order valence-electron chi connectivity index (χ1n) is 5.44. The molecule has 88 valence electrons. The van der Waals surface area contributed by atoms with Crippen molar-refractivity contribution in [3.05, 3.63) is 41.5 Å². The third-order valence-corrected chi connectivity index (χ3v) is 3.11. The fourth-order valence-electron chi connectivity index (χ4n) is 2.20. The number of phenolic OH excluding ortho intramolecular Hbond substituents is 1. The van der Waals surface area contributed by atoms with E-state index in [-0.39, 0.29) is 29.1 Å². The number of aromatic hydroxyl groups is 1. The number of carbonyl (C=O) groups excluding carboxylic acids is 3. The maximum atomic E-state index is 11.7. The molecular weight excluding hydrogens is 232 g/mol. The Morgan fingerprint density at radius 1 is 0.944 bits per heavy atom. The van der Waals surface area contributed by atoms with Crippen LogP contribution < -0.4 is 0 Å². The minimum absolute atomic E-state index is 0.0486. The standard InChI is InChI=1S/C14H8O4/c15-11-3-1-2-7-4-10-9(5-8(7)11)12(16)6-13(17)14(10)18/h1-5,15H,6H2. The normalized spacial score (nSPS) is 15.0. The van der Waals surface area contributed by atoms with Gasteiger partial charge in [-0.2, -0.15) is 0 Å². The molecule has 0 unspecified atom stereocenters. The van der Waals surface area contributed by atoms with Crippen molar-refractivity contribution in [3.8, 4) is 5.75 Å². The van der Waals surface area contributed by atoms with E-state index in [0.717, 1.165) is 0 Å². The van der Waals surface area contributed by atoms with E-state index >= 15 is 0 Å². The molecule has 4 nitrogen and oxygen atoms in total. The highest BCUT2D eigenvalue weighted by Crippen LogP contribution is 2.30. The Morgan fingerprint density at radius 3 is 2.50 bits per heavy atom. The minimum atomic E-state index is -0.674. The zero-order chi connectivity index (χ0) is 12.9. The number of carbonyl (C=O) groups is 3. The highest BCUT2D eigenvalue weighted by molar-refractivity contribution is 6.51. The van der Waals surface area contributed by atoms with Gasteiger partial charge in [0, 0.05) is 16.5 Å². The van der Waals surface area contributed by atoms with Gasteiger partial charge < -0.3 is 5.11 Å².